The molecule has 0 saturated carbocycles. The molecule has 0 bridgehead atoms. The summed E-state index contributed by atoms with van der Waals surface area (Å²) in [5.74, 6) is -0.935. The highest BCUT2D eigenvalue weighted by Gasteiger charge is 2.27. The Hall–Kier alpha value is -1.55. The number of carbonyl (C=O) groups is 2. The van der Waals surface area contributed by atoms with Crippen LogP contribution in [0.1, 0.15) is 187 Å². The minimum absolute atomic E-state index is 0.170. The molecule has 11 heteroatoms. The summed E-state index contributed by atoms with van der Waals surface area (Å²) < 4.78 is 32.6. The van der Waals surface area contributed by atoms with Crippen LogP contribution in [0.15, 0.2) is 24.3 Å². The molecule has 0 radical (unpaired) electrons. The molecule has 0 rings (SSSR count). The van der Waals surface area contributed by atoms with E-state index < -0.39 is 51.8 Å². The van der Waals surface area contributed by atoms with Crippen molar-refractivity contribution in [3.8, 4) is 0 Å². The molecule has 0 aliphatic carbocycles. The molecule has 0 fully saturated rings. The van der Waals surface area contributed by atoms with E-state index >= 15 is 0 Å². The Morgan fingerprint density at radius 2 is 1.02 bits per heavy atom. The molecular formula is C41H77O10P. The number of ether oxygens (including phenoxy) is 2. The van der Waals surface area contributed by atoms with Crippen LogP contribution >= 0.6 is 7.82 Å². The second kappa shape index (κ2) is 37.8. The highest BCUT2D eigenvalue weighted by atomic mass is 31.2. The van der Waals surface area contributed by atoms with Crippen molar-refractivity contribution < 1.29 is 47.8 Å². The average molecular weight is 761 g/mol. The lowest BCUT2D eigenvalue weighted by Gasteiger charge is -2.20. The average Bonchev–Trinajstić information content (AvgIpc) is 3.13. The minimum Gasteiger partial charge on any atom is -0.462 e. The first kappa shape index (κ1) is 50.5. The second-order valence-corrected chi connectivity index (χ2v) is 15.5. The van der Waals surface area contributed by atoms with Gasteiger partial charge >= 0.3 is 19.8 Å². The third-order valence-corrected chi connectivity index (χ3v) is 9.81. The van der Waals surface area contributed by atoms with Gasteiger partial charge in [0.2, 0.25) is 0 Å². The Morgan fingerprint density at radius 1 is 0.577 bits per heavy atom. The molecule has 306 valence electrons. The number of allylic oxidation sites excluding steroid dienone is 4. The van der Waals surface area contributed by atoms with E-state index in [-0.39, 0.29) is 19.4 Å². The van der Waals surface area contributed by atoms with Gasteiger partial charge in [-0.25, -0.2) is 4.57 Å². The summed E-state index contributed by atoms with van der Waals surface area (Å²) in [7, 11) is -4.61. The number of unbranched alkanes of at least 4 members (excludes halogenated alkanes) is 21. The third-order valence-electron chi connectivity index (χ3n) is 8.86. The smallest absolute Gasteiger partial charge is 0.462 e. The zero-order chi connectivity index (χ0) is 38.4. The van der Waals surface area contributed by atoms with E-state index in [2.05, 4.69) is 42.7 Å². The van der Waals surface area contributed by atoms with Crippen molar-refractivity contribution in [1.82, 2.24) is 0 Å². The molecule has 0 aliphatic rings. The summed E-state index contributed by atoms with van der Waals surface area (Å²) >= 11 is 0. The van der Waals surface area contributed by atoms with Gasteiger partial charge in [-0.1, -0.05) is 160 Å². The highest BCUT2D eigenvalue weighted by molar-refractivity contribution is 7.47. The summed E-state index contributed by atoms with van der Waals surface area (Å²) in [6, 6.07) is 0. The number of hydrogen-bond acceptors (Lipinski definition) is 9. The molecule has 3 N–H and O–H groups in total. The fraction of sp³-hybridized carbons (Fsp3) is 0.854. The summed E-state index contributed by atoms with van der Waals surface area (Å²) in [6.45, 7) is 2.33. The zero-order valence-corrected chi connectivity index (χ0v) is 33.9. The van der Waals surface area contributed by atoms with Gasteiger partial charge in [0.1, 0.15) is 12.7 Å². The van der Waals surface area contributed by atoms with Crippen LogP contribution in [0.4, 0.5) is 0 Å². The maximum atomic E-state index is 12.6. The van der Waals surface area contributed by atoms with Crippen molar-refractivity contribution in [1.29, 1.82) is 0 Å². The molecule has 0 aromatic heterocycles. The Morgan fingerprint density at radius 3 is 1.54 bits per heavy atom. The van der Waals surface area contributed by atoms with Gasteiger partial charge in [0.15, 0.2) is 6.10 Å². The monoisotopic (exact) mass is 761 g/mol. The van der Waals surface area contributed by atoms with Gasteiger partial charge in [0, 0.05) is 12.8 Å². The van der Waals surface area contributed by atoms with Crippen molar-refractivity contribution in [3.05, 3.63) is 24.3 Å². The minimum atomic E-state index is -4.61. The van der Waals surface area contributed by atoms with Gasteiger partial charge in [-0.3, -0.25) is 18.6 Å². The van der Waals surface area contributed by atoms with Crippen molar-refractivity contribution in [2.75, 3.05) is 26.4 Å². The van der Waals surface area contributed by atoms with E-state index in [9.17, 15) is 24.2 Å². The second-order valence-electron chi connectivity index (χ2n) is 14.0. The summed E-state index contributed by atoms with van der Waals surface area (Å²) in [6.07, 6.45) is 35.7. The predicted molar refractivity (Wildman–Crippen MR) is 210 cm³/mol. The number of carbonyl (C=O) groups excluding carboxylic acids is 2. The topological polar surface area (TPSA) is 149 Å². The van der Waals surface area contributed by atoms with Crippen LogP contribution in [0.2, 0.25) is 0 Å². The largest absolute Gasteiger partial charge is 0.472 e. The Bertz CT molecular complexity index is 925. The number of phosphoric acid groups is 1. The van der Waals surface area contributed by atoms with Crippen molar-refractivity contribution in [2.45, 2.75) is 199 Å². The third kappa shape index (κ3) is 36.8. The Labute approximate surface area is 317 Å². The van der Waals surface area contributed by atoms with Crippen LogP contribution in [0, 0.1) is 0 Å². The van der Waals surface area contributed by atoms with Crippen molar-refractivity contribution in [3.63, 3.8) is 0 Å². The number of aliphatic hydroxyl groups is 2. The van der Waals surface area contributed by atoms with Crippen LogP contribution in [0.25, 0.3) is 0 Å². The molecule has 3 unspecified atom stereocenters. The molecule has 0 spiro atoms. The van der Waals surface area contributed by atoms with Gasteiger partial charge in [0.05, 0.1) is 19.8 Å². The number of phosphoric ester groups is 1. The van der Waals surface area contributed by atoms with E-state index in [0.717, 1.165) is 64.2 Å². The summed E-state index contributed by atoms with van der Waals surface area (Å²) in [5, 5.41) is 18.3. The van der Waals surface area contributed by atoms with E-state index in [1.54, 1.807) is 0 Å². The molecule has 0 aromatic carbocycles. The lowest BCUT2D eigenvalue weighted by molar-refractivity contribution is -0.161. The summed E-state index contributed by atoms with van der Waals surface area (Å²) in [5.41, 5.74) is 0. The maximum absolute atomic E-state index is 12.6. The van der Waals surface area contributed by atoms with Crippen molar-refractivity contribution in [2.24, 2.45) is 0 Å². The van der Waals surface area contributed by atoms with Crippen LogP contribution in [0.5, 0.6) is 0 Å². The van der Waals surface area contributed by atoms with Crippen LogP contribution in [-0.2, 0) is 32.7 Å². The predicted octanol–water partition coefficient (Wildman–Crippen LogP) is 10.6. The first-order valence-electron chi connectivity index (χ1n) is 20.8. The normalized spacial score (nSPS) is 14.2. The summed E-state index contributed by atoms with van der Waals surface area (Å²) in [4.78, 5) is 34.9. The fourth-order valence-corrected chi connectivity index (χ4v) is 6.39. The van der Waals surface area contributed by atoms with Gasteiger partial charge < -0.3 is 24.6 Å². The van der Waals surface area contributed by atoms with Crippen molar-refractivity contribution >= 4 is 19.8 Å². The molecule has 0 heterocycles. The molecule has 0 aliphatic heterocycles. The lowest BCUT2D eigenvalue weighted by atomic mass is 10.0. The number of rotatable bonds is 39. The molecule has 52 heavy (non-hydrogen) atoms. The van der Waals surface area contributed by atoms with E-state index in [0.29, 0.717) is 12.8 Å². The van der Waals surface area contributed by atoms with Gasteiger partial charge in [-0.15, -0.1) is 0 Å². The SMILES string of the molecule is CCCC/C=C\C/C=C\CCCCCCCC(=O)OC(COC(=O)CCCCCCCCCCCCCCCCC)COP(=O)(O)OCC(O)CO. The number of aliphatic hydroxyl groups excluding tert-OH is 2. The first-order valence-corrected chi connectivity index (χ1v) is 22.3. The van der Waals surface area contributed by atoms with Crippen LogP contribution < -0.4 is 0 Å². The molecule has 0 aromatic rings. The molecule has 0 saturated heterocycles. The molecular weight excluding hydrogens is 683 g/mol. The number of hydrogen-bond donors (Lipinski definition) is 3. The van der Waals surface area contributed by atoms with Gasteiger partial charge in [-0.05, 0) is 38.5 Å². The molecule has 0 amide bonds. The quantitative estimate of drug-likeness (QED) is 0.0239. The number of esters is 2. The van der Waals surface area contributed by atoms with Crippen LogP contribution in [0.3, 0.4) is 0 Å². The lowest BCUT2D eigenvalue weighted by Crippen LogP contribution is -2.29. The zero-order valence-electron chi connectivity index (χ0n) is 33.0. The van der Waals surface area contributed by atoms with Crippen LogP contribution in [-0.4, -0.2) is 65.7 Å². The van der Waals surface area contributed by atoms with E-state index in [1.165, 1.54) is 83.5 Å². The molecule has 10 nitrogen and oxygen atoms in total. The Kier molecular flexibility index (Phi) is 36.6. The van der Waals surface area contributed by atoms with E-state index in [1.807, 2.05) is 0 Å². The fourth-order valence-electron chi connectivity index (χ4n) is 5.60. The first-order chi connectivity index (χ1) is 25.2. The Balaban J connectivity index is 4.32. The maximum Gasteiger partial charge on any atom is 0.472 e. The standard InChI is InChI=1S/C41H77O10P/c1-3-5-7-9-11-13-15-17-19-21-22-24-26-28-30-32-40(44)48-36-39(37-50-52(46,47)49-35-38(43)34-42)51-41(45)33-31-29-27-25-23-20-18-16-14-12-10-8-6-4-2/h10,12,16,18,38-39,42-43H,3-9,11,13-15,17,19-37H2,1-2H3,(H,46,47)/b12-10-,18-16-. The highest BCUT2D eigenvalue weighted by Crippen LogP contribution is 2.43. The van der Waals surface area contributed by atoms with E-state index in [4.69, 9.17) is 19.1 Å². The molecule has 3 atom stereocenters. The van der Waals surface area contributed by atoms with Gasteiger partial charge in [-0.2, -0.15) is 0 Å². The van der Waals surface area contributed by atoms with Gasteiger partial charge in [0.25, 0.3) is 0 Å².